The second-order valence-corrected chi connectivity index (χ2v) is 6.74. The highest BCUT2D eigenvalue weighted by Gasteiger charge is 2.26. The quantitative estimate of drug-likeness (QED) is 0.671. The number of halogens is 1. The molecule has 1 aromatic carbocycles. The van der Waals surface area contributed by atoms with Gasteiger partial charge in [0.1, 0.15) is 22.7 Å². The predicted molar refractivity (Wildman–Crippen MR) is 88.0 cm³/mol. The summed E-state index contributed by atoms with van der Waals surface area (Å²) in [5, 5.41) is 5.77. The summed E-state index contributed by atoms with van der Waals surface area (Å²) in [5.74, 6) is 2.43. The van der Waals surface area contributed by atoms with Gasteiger partial charge in [-0.25, -0.2) is 0 Å². The van der Waals surface area contributed by atoms with Crippen LogP contribution in [-0.2, 0) is 0 Å². The normalized spacial score (nSPS) is 17.1. The van der Waals surface area contributed by atoms with Gasteiger partial charge in [0, 0.05) is 16.3 Å². The lowest BCUT2D eigenvalue weighted by molar-refractivity contribution is 0.458. The van der Waals surface area contributed by atoms with Crippen LogP contribution in [0.25, 0.3) is 21.9 Å². The Bertz CT molecular complexity index is 767. The molecule has 0 unspecified atom stereocenters. The molecule has 3 aromatic rings. The molecular formula is C17H18BrNO2. The zero-order chi connectivity index (χ0) is 14.6. The maximum absolute atomic E-state index is 6.06. The number of fused-ring (bicyclic) bond motifs is 2. The molecule has 0 amide bonds. The summed E-state index contributed by atoms with van der Waals surface area (Å²) in [5.41, 5.74) is 3.31. The summed E-state index contributed by atoms with van der Waals surface area (Å²) in [4.78, 5) is 0. The third kappa shape index (κ3) is 2.04. The van der Waals surface area contributed by atoms with Gasteiger partial charge in [-0.15, -0.1) is 0 Å². The van der Waals surface area contributed by atoms with Gasteiger partial charge in [0.2, 0.25) is 0 Å². The highest BCUT2D eigenvalue weighted by atomic mass is 79.9. The monoisotopic (exact) mass is 347 g/mol. The molecule has 0 saturated carbocycles. The molecule has 2 aromatic heterocycles. The largest absolute Gasteiger partial charge is 0.461 e. The summed E-state index contributed by atoms with van der Waals surface area (Å²) in [6.45, 7) is 6.15. The zero-order valence-corrected chi connectivity index (χ0v) is 13.8. The zero-order valence-electron chi connectivity index (χ0n) is 12.3. The highest BCUT2D eigenvalue weighted by Crippen LogP contribution is 2.44. The molecule has 21 heavy (non-hydrogen) atoms. The van der Waals surface area contributed by atoms with Gasteiger partial charge < -0.3 is 14.2 Å². The maximum atomic E-state index is 6.06. The minimum absolute atomic E-state index is 0.534. The van der Waals surface area contributed by atoms with Crippen molar-refractivity contribution in [3.8, 4) is 0 Å². The van der Waals surface area contributed by atoms with E-state index in [1.165, 1.54) is 10.9 Å². The number of piperidine rings is 1. The molecule has 0 radical (unpaired) electrons. The summed E-state index contributed by atoms with van der Waals surface area (Å²) in [6, 6.07) is 4.25. The smallest absolute Gasteiger partial charge is 0.149 e. The lowest BCUT2D eigenvalue weighted by atomic mass is 9.87. The highest BCUT2D eigenvalue weighted by molar-refractivity contribution is 9.10. The molecule has 1 aliphatic heterocycles. The first kappa shape index (κ1) is 13.4. The molecule has 3 heterocycles. The first-order chi connectivity index (χ1) is 10.1. The number of rotatable bonds is 1. The first-order valence-corrected chi connectivity index (χ1v) is 8.27. The van der Waals surface area contributed by atoms with Crippen molar-refractivity contribution in [3.63, 3.8) is 0 Å². The van der Waals surface area contributed by atoms with Crippen LogP contribution in [0.1, 0.15) is 35.8 Å². The molecule has 0 atom stereocenters. The molecule has 0 bridgehead atoms. The molecule has 1 aliphatic rings. The van der Waals surface area contributed by atoms with Crippen molar-refractivity contribution >= 4 is 37.9 Å². The first-order valence-electron chi connectivity index (χ1n) is 7.47. The van der Waals surface area contributed by atoms with E-state index in [1.807, 2.05) is 13.8 Å². The molecule has 0 aliphatic carbocycles. The van der Waals surface area contributed by atoms with E-state index in [4.69, 9.17) is 8.83 Å². The van der Waals surface area contributed by atoms with Crippen molar-refractivity contribution in [2.45, 2.75) is 32.6 Å². The minimum Gasteiger partial charge on any atom is -0.461 e. The second kappa shape index (κ2) is 4.89. The minimum atomic E-state index is 0.534. The second-order valence-electron chi connectivity index (χ2n) is 5.95. The van der Waals surface area contributed by atoms with E-state index >= 15 is 0 Å². The Labute approximate surface area is 131 Å². The van der Waals surface area contributed by atoms with E-state index in [0.29, 0.717) is 5.92 Å². The summed E-state index contributed by atoms with van der Waals surface area (Å²) in [7, 11) is 0. The third-order valence-electron chi connectivity index (χ3n) is 4.43. The molecule has 4 rings (SSSR count). The topological polar surface area (TPSA) is 38.3 Å². The van der Waals surface area contributed by atoms with Crippen LogP contribution in [0.5, 0.6) is 0 Å². The maximum Gasteiger partial charge on any atom is 0.149 e. The van der Waals surface area contributed by atoms with Crippen molar-refractivity contribution in [2.75, 3.05) is 13.1 Å². The van der Waals surface area contributed by atoms with Crippen LogP contribution in [0.3, 0.4) is 0 Å². The number of hydrogen-bond acceptors (Lipinski definition) is 3. The molecule has 3 nitrogen and oxygen atoms in total. The molecule has 1 fully saturated rings. The summed E-state index contributed by atoms with van der Waals surface area (Å²) < 4.78 is 13.0. The van der Waals surface area contributed by atoms with E-state index in [0.717, 1.165) is 58.5 Å². The van der Waals surface area contributed by atoms with Crippen molar-refractivity contribution < 1.29 is 8.83 Å². The molecule has 0 spiro atoms. The van der Waals surface area contributed by atoms with E-state index < -0.39 is 0 Å². The van der Waals surface area contributed by atoms with Gasteiger partial charge in [0.15, 0.2) is 0 Å². The van der Waals surface area contributed by atoms with Gasteiger partial charge in [-0.05, 0) is 73.8 Å². The molecular weight excluding hydrogens is 330 g/mol. The molecule has 110 valence electrons. The van der Waals surface area contributed by atoms with Crippen LogP contribution in [0.15, 0.2) is 25.4 Å². The number of benzene rings is 1. The van der Waals surface area contributed by atoms with Gasteiger partial charge >= 0.3 is 0 Å². The van der Waals surface area contributed by atoms with E-state index in [-0.39, 0.29) is 0 Å². The molecule has 4 heteroatoms. The van der Waals surface area contributed by atoms with Gasteiger partial charge in [0.25, 0.3) is 0 Å². The summed E-state index contributed by atoms with van der Waals surface area (Å²) >= 11 is 3.70. The molecule has 1 N–H and O–H groups in total. The Kier molecular flexibility index (Phi) is 3.12. The van der Waals surface area contributed by atoms with Crippen LogP contribution in [0.2, 0.25) is 0 Å². The Morgan fingerprint density at radius 3 is 2.33 bits per heavy atom. The molecule has 1 saturated heterocycles. The van der Waals surface area contributed by atoms with Gasteiger partial charge in [-0.1, -0.05) is 0 Å². The lowest BCUT2D eigenvalue weighted by Gasteiger charge is -2.23. The van der Waals surface area contributed by atoms with Crippen LogP contribution < -0.4 is 5.32 Å². The number of furan rings is 2. The van der Waals surface area contributed by atoms with Gasteiger partial charge in [-0.3, -0.25) is 0 Å². The van der Waals surface area contributed by atoms with Crippen LogP contribution >= 0.6 is 15.9 Å². The van der Waals surface area contributed by atoms with Crippen molar-refractivity contribution in [1.82, 2.24) is 5.32 Å². The fourth-order valence-electron chi connectivity index (χ4n) is 3.52. The van der Waals surface area contributed by atoms with Gasteiger partial charge in [-0.2, -0.15) is 0 Å². The Balaban J connectivity index is 2.09. The fraction of sp³-hybridized carbons (Fsp3) is 0.412. The lowest BCUT2D eigenvalue weighted by Crippen LogP contribution is -2.26. The van der Waals surface area contributed by atoms with Gasteiger partial charge in [0.05, 0.1) is 4.47 Å². The number of aryl methyl sites for hydroxylation is 2. The van der Waals surface area contributed by atoms with E-state index in [9.17, 15) is 0 Å². The SMILES string of the molecule is Cc1cc2c(C3CCNCC3)c3oc(C)cc3c(Br)c2o1. The Morgan fingerprint density at radius 1 is 1.00 bits per heavy atom. The standard InChI is InChI=1S/C17H18BrNO2/c1-9-7-12-14(11-3-5-19-6-4-11)16-13(8-10(2)20-16)15(18)17(12)21-9/h7-8,11,19H,3-6H2,1-2H3. The van der Waals surface area contributed by atoms with Crippen molar-refractivity contribution in [1.29, 1.82) is 0 Å². The Morgan fingerprint density at radius 2 is 1.62 bits per heavy atom. The van der Waals surface area contributed by atoms with E-state index in [1.54, 1.807) is 0 Å². The van der Waals surface area contributed by atoms with Crippen molar-refractivity contribution in [2.24, 2.45) is 0 Å². The summed E-state index contributed by atoms with van der Waals surface area (Å²) in [6.07, 6.45) is 2.30. The Hall–Kier alpha value is -1.26. The van der Waals surface area contributed by atoms with Crippen molar-refractivity contribution in [3.05, 3.63) is 33.7 Å². The third-order valence-corrected chi connectivity index (χ3v) is 5.22. The van der Waals surface area contributed by atoms with Crippen LogP contribution in [-0.4, -0.2) is 13.1 Å². The fourth-order valence-corrected chi connectivity index (χ4v) is 4.10. The number of hydrogen-bond donors (Lipinski definition) is 1. The van der Waals surface area contributed by atoms with E-state index in [2.05, 4.69) is 33.4 Å². The average Bonchev–Trinajstić information content (AvgIpc) is 3.03. The number of nitrogens with one attached hydrogen (secondary N) is 1. The predicted octanol–water partition coefficient (Wildman–Crippen LogP) is 5.03. The van der Waals surface area contributed by atoms with Crippen LogP contribution in [0, 0.1) is 13.8 Å². The average molecular weight is 348 g/mol. The van der Waals surface area contributed by atoms with Crippen LogP contribution in [0.4, 0.5) is 0 Å².